The largest absolute Gasteiger partial charge is 0.0776 e. The molecule has 0 aliphatic heterocycles. The van der Waals surface area contributed by atoms with Crippen molar-refractivity contribution in [3.63, 3.8) is 0 Å². The van der Waals surface area contributed by atoms with E-state index in [-0.39, 0.29) is 70.4 Å². The van der Waals surface area contributed by atoms with Crippen LogP contribution >= 0.6 is 0 Å². The van der Waals surface area contributed by atoms with Crippen LogP contribution in [0.25, 0.3) is 0 Å². The van der Waals surface area contributed by atoms with E-state index in [1.165, 1.54) is 0 Å². The summed E-state index contributed by atoms with van der Waals surface area (Å²) in [5, 5.41) is 0. The fourth-order valence-electron chi connectivity index (χ4n) is 0. The molecule has 0 aromatic rings. The van der Waals surface area contributed by atoms with E-state index in [9.17, 15) is 0 Å². The van der Waals surface area contributed by atoms with Crippen molar-refractivity contribution in [3.05, 3.63) is 0 Å². The van der Waals surface area contributed by atoms with Gasteiger partial charge in [-0.05, 0) is 0 Å². The zero-order valence-electron chi connectivity index (χ0n) is 1.58. The van der Waals surface area contributed by atoms with Crippen LogP contribution < -0.4 is 0 Å². The molecular weight excluding hydrogens is 206 g/mol. The zero-order valence-corrected chi connectivity index (χ0v) is 7.15. The van der Waals surface area contributed by atoms with Crippen molar-refractivity contribution in [1.82, 2.24) is 0 Å². The second-order valence-electron chi connectivity index (χ2n) is 0. The third-order valence-electron chi connectivity index (χ3n) is 0. The molecule has 0 nitrogen and oxygen atoms in total. The molecule has 0 rings (SSSR count). The summed E-state index contributed by atoms with van der Waals surface area (Å²) in [7, 11) is 0. The van der Waals surface area contributed by atoms with Gasteiger partial charge in [0, 0.05) is 63.0 Å². The molecule has 0 aliphatic carbocycles. The van der Waals surface area contributed by atoms with Gasteiger partial charge >= 0.3 is 0 Å². The maximum atomic E-state index is 0. The van der Waals surface area contributed by atoms with Crippen LogP contribution in [-0.4, -0.2) is 41.3 Å². The Hall–Kier alpha value is 2.05. The minimum atomic E-state index is 0. The van der Waals surface area contributed by atoms with Crippen LogP contribution in [0.15, 0.2) is 0 Å². The first kappa shape index (κ1) is 36.8. The Morgan fingerprint density at radius 1 is 1.00 bits per heavy atom. The first-order chi connectivity index (χ1) is 0. The second-order valence-corrected chi connectivity index (χ2v) is 0. The molecule has 0 unspecified atom stereocenters. The van der Waals surface area contributed by atoms with E-state index >= 15 is 0 Å². The zero-order chi connectivity index (χ0) is 0. The van der Waals surface area contributed by atoms with Gasteiger partial charge in [-0.15, -0.1) is 0 Å². The summed E-state index contributed by atoms with van der Waals surface area (Å²) >= 11 is 0. The quantitative estimate of drug-likeness (QED) is 0.488. The second kappa shape index (κ2) is 19.7. The normalized spacial score (nSPS) is 0. The number of hydrogen-bond donors (Lipinski definition) is 0. The van der Waals surface area contributed by atoms with E-state index in [1.807, 2.05) is 0 Å². The van der Waals surface area contributed by atoms with Gasteiger partial charge in [-0.25, -0.2) is 0 Å². The molecule has 0 bridgehead atoms. The first-order valence-electron chi connectivity index (χ1n) is 0. The molecule has 0 saturated heterocycles. The Balaban J connectivity index is 0. The molecule has 4 heavy (non-hydrogen) atoms. The van der Waals surface area contributed by atoms with E-state index in [4.69, 9.17) is 0 Å². The van der Waals surface area contributed by atoms with Crippen LogP contribution in [-0.2, 0) is 21.7 Å². The van der Waals surface area contributed by atoms with Crippen molar-refractivity contribution in [3.8, 4) is 0 Å². The van der Waals surface area contributed by atoms with E-state index in [1.54, 1.807) is 0 Å². The average Bonchev–Trinajstić information content (AvgIpc) is 0. The van der Waals surface area contributed by atoms with Gasteiger partial charge in [0.05, 0.1) is 0 Å². The molecule has 0 spiro atoms. The Kier molecular flexibility index (Phi) is 181. The Bertz CT molecular complexity index is 8.00. The molecule has 0 aromatic heterocycles. The van der Waals surface area contributed by atoms with Crippen LogP contribution in [0.3, 0.4) is 0 Å². The van der Waals surface area contributed by atoms with Crippen molar-refractivity contribution in [2.45, 2.75) is 7.43 Å². The number of hydrogen-bond acceptors (Lipinski definition) is 0. The maximum absolute atomic E-state index is 0. The third-order valence-corrected chi connectivity index (χ3v) is 0. The van der Waals surface area contributed by atoms with Gasteiger partial charge in [-0.2, -0.15) is 0 Å². The van der Waals surface area contributed by atoms with Gasteiger partial charge in [0.2, 0.25) is 0 Å². The van der Waals surface area contributed by atoms with Crippen LogP contribution in [0.5, 0.6) is 0 Å². The standard InChI is InChI=1S/CH4.Al.Sn.Ti/h1H4;;;. The monoisotopic (exact) mass is 211 g/mol. The molecule has 0 N–H and O–H groups in total. The average molecular weight is 210 g/mol. The summed E-state index contributed by atoms with van der Waals surface area (Å²) in [5.74, 6) is 0. The van der Waals surface area contributed by atoms with E-state index in [0.29, 0.717) is 0 Å². The molecule has 0 saturated carbocycles. The Morgan fingerprint density at radius 3 is 1.00 bits per heavy atom. The molecule has 0 heterocycles. The van der Waals surface area contributed by atoms with Crippen LogP contribution in [0, 0.1) is 0 Å². The fourth-order valence-corrected chi connectivity index (χ4v) is 0. The van der Waals surface area contributed by atoms with Gasteiger partial charge in [-0.1, -0.05) is 7.43 Å². The maximum Gasteiger partial charge on any atom is 0 e. The molecule has 0 amide bonds. The van der Waals surface area contributed by atoms with Crippen LogP contribution in [0.1, 0.15) is 7.43 Å². The fraction of sp³-hybridized carbons (Fsp3) is 1.00. The number of rotatable bonds is 0. The predicted octanol–water partition coefficient (Wildman–Crippen LogP) is -0.128. The van der Waals surface area contributed by atoms with Crippen LogP contribution in [0.4, 0.5) is 0 Å². The molecule has 0 aromatic carbocycles. The molecule has 7 radical (unpaired) electrons. The SMILES string of the molecule is C.[Al].[Sn].[Ti]. The minimum Gasteiger partial charge on any atom is -0.0776 e. The first-order valence-corrected chi connectivity index (χ1v) is 0. The minimum absolute atomic E-state index is 0. The molecule has 19 valence electrons. The summed E-state index contributed by atoms with van der Waals surface area (Å²) in [6, 6.07) is 0. The summed E-state index contributed by atoms with van der Waals surface area (Å²) in [4.78, 5) is 0. The van der Waals surface area contributed by atoms with Crippen molar-refractivity contribution in [2.75, 3.05) is 0 Å². The van der Waals surface area contributed by atoms with Gasteiger partial charge < -0.3 is 0 Å². The van der Waals surface area contributed by atoms with Gasteiger partial charge in [0.1, 0.15) is 0 Å². The molecule has 3 heteroatoms. The molecule has 0 fully saturated rings. The Labute approximate surface area is 69.7 Å². The van der Waals surface area contributed by atoms with Gasteiger partial charge in [0.25, 0.3) is 0 Å². The molecule has 0 aliphatic rings. The summed E-state index contributed by atoms with van der Waals surface area (Å²) in [6.45, 7) is 0. The van der Waals surface area contributed by atoms with Gasteiger partial charge in [0.15, 0.2) is 0 Å². The summed E-state index contributed by atoms with van der Waals surface area (Å²) in [6.07, 6.45) is 0. The van der Waals surface area contributed by atoms with Crippen molar-refractivity contribution in [2.24, 2.45) is 0 Å². The van der Waals surface area contributed by atoms with E-state index in [0.717, 1.165) is 0 Å². The summed E-state index contributed by atoms with van der Waals surface area (Å²) < 4.78 is 0. The predicted molar refractivity (Wildman–Crippen MR) is 18.2 cm³/mol. The van der Waals surface area contributed by atoms with E-state index in [2.05, 4.69) is 0 Å². The Morgan fingerprint density at radius 2 is 1.00 bits per heavy atom. The van der Waals surface area contributed by atoms with Crippen molar-refractivity contribution >= 4 is 41.3 Å². The van der Waals surface area contributed by atoms with Gasteiger partial charge in [-0.3, -0.25) is 0 Å². The topological polar surface area (TPSA) is 0 Å². The smallest absolute Gasteiger partial charge is 0 e. The molecule has 0 atom stereocenters. The van der Waals surface area contributed by atoms with Crippen molar-refractivity contribution in [1.29, 1.82) is 0 Å². The molecular formula is CH4AlSnTi. The third kappa shape index (κ3) is 8.97. The summed E-state index contributed by atoms with van der Waals surface area (Å²) in [5.41, 5.74) is 0. The van der Waals surface area contributed by atoms with Crippen LogP contribution in [0.2, 0.25) is 0 Å². The van der Waals surface area contributed by atoms with E-state index < -0.39 is 0 Å². The van der Waals surface area contributed by atoms with Crippen molar-refractivity contribution < 1.29 is 21.7 Å².